The molecule has 0 saturated carbocycles. The highest BCUT2D eigenvalue weighted by atomic mass is 16.1. The largest absolute Gasteiger partial charge is 0.370 e. The van der Waals surface area contributed by atoms with Crippen molar-refractivity contribution in [3.8, 4) is 0 Å². The van der Waals surface area contributed by atoms with E-state index in [4.69, 9.17) is 0 Å². The number of amides is 1. The Bertz CT molecular complexity index is 455. The Morgan fingerprint density at radius 1 is 1.33 bits per heavy atom. The molecule has 5 heteroatoms. The van der Waals surface area contributed by atoms with Crippen LogP contribution in [0.3, 0.4) is 0 Å². The van der Waals surface area contributed by atoms with E-state index in [0.717, 1.165) is 38.5 Å². The average molecular weight is 290 g/mol. The maximum absolute atomic E-state index is 12.2. The predicted molar refractivity (Wildman–Crippen MR) is 85.6 cm³/mol. The summed E-state index contributed by atoms with van der Waals surface area (Å²) in [4.78, 5) is 18.9. The van der Waals surface area contributed by atoms with Crippen molar-refractivity contribution < 1.29 is 4.79 Å². The molecule has 0 spiro atoms. The fourth-order valence-corrected chi connectivity index (χ4v) is 2.68. The Hall–Kier alpha value is -1.62. The second kappa shape index (κ2) is 7.98. The number of nitrogens with zero attached hydrogens (tertiary/aromatic N) is 2. The van der Waals surface area contributed by atoms with Gasteiger partial charge in [-0.05, 0) is 57.5 Å². The van der Waals surface area contributed by atoms with Gasteiger partial charge in [-0.3, -0.25) is 4.79 Å². The quantitative estimate of drug-likeness (QED) is 0.841. The van der Waals surface area contributed by atoms with Gasteiger partial charge in [-0.25, -0.2) is 4.98 Å². The molecule has 2 N–H and O–H groups in total. The lowest BCUT2D eigenvalue weighted by Crippen LogP contribution is -2.38. The lowest BCUT2D eigenvalue weighted by Gasteiger charge is -2.30. The Morgan fingerprint density at radius 3 is 2.76 bits per heavy atom. The Balaban J connectivity index is 1.80. The molecule has 0 radical (unpaired) electrons. The highest BCUT2D eigenvalue weighted by molar-refractivity contribution is 5.92. The number of carbonyl (C=O) groups excluding carboxylic acids is 1. The van der Waals surface area contributed by atoms with E-state index in [1.165, 1.54) is 12.8 Å². The van der Waals surface area contributed by atoms with Crippen molar-refractivity contribution in [3.63, 3.8) is 0 Å². The number of nitrogens with one attached hydrogen (secondary N) is 2. The Kier molecular flexibility index (Phi) is 5.99. The van der Waals surface area contributed by atoms with Gasteiger partial charge in [0.25, 0.3) is 5.91 Å². The molecule has 1 saturated heterocycles. The summed E-state index contributed by atoms with van der Waals surface area (Å²) in [5.41, 5.74) is 0.486. The number of hydrogen-bond donors (Lipinski definition) is 2. The predicted octanol–water partition coefficient (Wildman–Crippen LogP) is 1.98. The standard InChI is InChI=1S/C16H26N4O/c1-3-17-15-7-5-6-14(19-15)16(21)18-12-13-8-10-20(4-2)11-9-13/h5-7,13H,3-4,8-12H2,1-2H3,(H,17,19)(H,18,21). The van der Waals surface area contributed by atoms with Crippen LogP contribution in [0, 0.1) is 5.92 Å². The first-order valence-corrected chi connectivity index (χ1v) is 7.94. The summed E-state index contributed by atoms with van der Waals surface area (Å²) in [5.74, 6) is 1.27. The number of likely N-dealkylation sites (tertiary alicyclic amines) is 1. The maximum Gasteiger partial charge on any atom is 0.269 e. The monoisotopic (exact) mass is 290 g/mol. The molecule has 0 atom stereocenters. The van der Waals surface area contributed by atoms with Crippen molar-refractivity contribution in [2.75, 3.05) is 38.0 Å². The summed E-state index contributed by atoms with van der Waals surface area (Å²) in [7, 11) is 0. The van der Waals surface area contributed by atoms with Gasteiger partial charge in [0, 0.05) is 13.1 Å². The number of rotatable bonds is 6. The normalized spacial score (nSPS) is 16.7. The number of hydrogen-bond acceptors (Lipinski definition) is 4. The Labute approximate surface area is 127 Å². The zero-order valence-corrected chi connectivity index (χ0v) is 13.1. The highest BCUT2D eigenvalue weighted by Crippen LogP contribution is 2.16. The first-order valence-electron chi connectivity index (χ1n) is 7.94. The van der Waals surface area contributed by atoms with Gasteiger partial charge in [-0.2, -0.15) is 0 Å². The van der Waals surface area contributed by atoms with Crippen molar-refractivity contribution in [1.29, 1.82) is 0 Å². The summed E-state index contributed by atoms with van der Waals surface area (Å²) >= 11 is 0. The fraction of sp³-hybridized carbons (Fsp3) is 0.625. The minimum atomic E-state index is -0.0762. The van der Waals surface area contributed by atoms with E-state index in [2.05, 4.69) is 27.4 Å². The van der Waals surface area contributed by atoms with Crippen LogP contribution in [0.5, 0.6) is 0 Å². The molecule has 116 valence electrons. The minimum absolute atomic E-state index is 0.0762. The van der Waals surface area contributed by atoms with Crippen LogP contribution in [0.15, 0.2) is 18.2 Å². The molecular formula is C16H26N4O. The first kappa shape index (κ1) is 15.8. The zero-order valence-electron chi connectivity index (χ0n) is 13.1. The van der Waals surface area contributed by atoms with Gasteiger partial charge in [0.1, 0.15) is 11.5 Å². The smallest absolute Gasteiger partial charge is 0.269 e. The lowest BCUT2D eigenvalue weighted by atomic mass is 9.97. The third-order valence-corrected chi connectivity index (χ3v) is 4.05. The molecule has 1 aromatic rings. The molecule has 0 unspecified atom stereocenters. The number of piperidine rings is 1. The van der Waals surface area contributed by atoms with Crippen molar-refractivity contribution >= 4 is 11.7 Å². The Morgan fingerprint density at radius 2 is 2.10 bits per heavy atom. The van der Waals surface area contributed by atoms with Gasteiger partial charge in [-0.15, -0.1) is 0 Å². The SMILES string of the molecule is CCNc1cccc(C(=O)NCC2CCN(CC)CC2)n1. The van der Waals surface area contributed by atoms with Gasteiger partial charge < -0.3 is 15.5 Å². The first-order chi connectivity index (χ1) is 10.2. The number of aromatic nitrogens is 1. The van der Waals surface area contributed by atoms with E-state index in [0.29, 0.717) is 11.6 Å². The van der Waals surface area contributed by atoms with Gasteiger partial charge in [-0.1, -0.05) is 13.0 Å². The highest BCUT2D eigenvalue weighted by Gasteiger charge is 2.19. The molecule has 0 bridgehead atoms. The third kappa shape index (κ3) is 4.70. The van der Waals surface area contributed by atoms with Crippen LogP contribution in [0.25, 0.3) is 0 Å². The number of pyridine rings is 1. The summed E-state index contributed by atoms with van der Waals surface area (Å²) in [5, 5.41) is 6.15. The molecule has 1 amide bonds. The van der Waals surface area contributed by atoms with Crippen LogP contribution in [-0.2, 0) is 0 Å². The summed E-state index contributed by atoms with van der Waals surface area (Å²) in [6.45, 7) is 9.18. The number of anilines is 1. The van der Waals surface area contributed by atoms with Crippen molar-refractivity contribution in [3.05, 3.63) is 23.9 Å². The molecule has 1 aliphatic rings. The van der Waals surface area contributed by atoms with Gasteiger partial charge >= 0.3 is 0 Å². The van der Waals surface area contributed by atoms with Gasteiger partial charge in [0.05, 0.1) is 0 Å². The van der Waals surface area contributed by atoms with Crippen LogP contribution >= 0.6 is 0 Å². The molecule has 1 fully saturated rings. The maximum atomic E-state index is 12.2. The minimum Gasteiger partial charge on any atom is -0.370 e. The van der Waals surface area contributed by atoms with E-state index in [1.807, 2.05) is 19.1 Å². The second-order valence-corrected chi connectivity index (χ2v) is 5.53. The van der Waals surface area contributed by atoms with Gasteiger partial charge in [0.15, 0.2) is 0 Å². The molecule has 2 heterocycles. The second-order valence-electron chi connectivity index (χ2n) is 5.53. The summed E-state index contributed by atoms with van der Waals surface area (Å²) in [6, 6.07) is 5.50. The van der Waals surface area contributed by atoms with Crippen LogP contribution in [0.4, 0.5) is 5.82 Å². The van der Waals surface area contributed by atoms with Crippen molar-refractivity contribution in [2.45, 2.75) is 26.7 Å². The molecule has 0 aromatic carbocycles. The van der Waals surface area contributed by atoms with Crippen LogP contribution < -0.4 is 10.6 Å². The average Bonchev–Trinajstić information content (AvgIpc) is 2.53. The third-order valence-electron chi connectivity index (χ3n) is 4.05. The molecule has 2 rings (SSSR count). The van der Waals surface area contributed by atoms with Crippen LogP contribution in [-0.4, -0.2) is 48.5 Å². The number of carbonyl (C=O) groups is 1. The van der Waals surface area contributed by atoms with E-state index in [1.54, 1.807) is 6.07 Å². The fourth-order valence-electron chi connectivity index (χ4n) is 2.68. The lowest BCUT2D eigenvalue weighted by molar-refractivity contribution is 0.0932. The molecule has 5 nitrogen and oxygen atoms in total. The summed E-state index contributed by atoms with van der Waals surface area (Å²) in [6.07, 6.45) is 2.33. The molecule has 21 heavy (non-hydrogen) atoms. The zero-order chi connectivity index (χ0) is 15.1. The van der Waals surface area contributed by atoms with E-state index < -0.39 is 0 Å². The van der Waals surface area contributed by atoms with E-state index in [9.17, 15) is 4.79 Å². The molecule has 0 aliphatic carbocycles. The van der Waals surface area contributed by atoms with Crippen molar-refractivity contribution in [2.24, 2.45) is 5.92 Å². The molecule has 1 aliphatic heterocycles. The van der Waals surface area contributed by atoms with Crippen molar-refractivity contribution in [1.82, 2.24) is 15.2 Å². The van der Waals surface area contributed by atoms with Crippen LogP contribution in [0.1, 0.15) is 37.2 Å². The molecular weight excluding hydrogens is 264 g/mol. The van der Waals surface area contributed by atoms with Crippen LogP contribution in [0.2, 0.25) is 0 Å². The van der Waals surface area contributed by atoms with E-state index >= 15 is 0 Å². The van der Waals surface area contributed by atoms with E-state index in [-0.39, 0.29) is 5.91 Å². The topological polar surface area (TPSA) is 57.3 Å². The summed E-state index contributed by atoms with van der Waals surface area (Å²) < 4.78 is 0. The van der Waals surface area contributed by atoms with Gasteiger partial charge in [0.2, 0.25) is 0 Å². The molecule has 1 aromatic heterocycles.